The van der Waals surface area contributed by atoms with E-state index in [1.807, 2.05) is 20.8 Å². The molecule has 1 heterocycles. The van der Waals surface area contributed by atoms with Crippen LogP contribution in [0.4, 0.5) is 0 Å². The molecule has 0 atom stereocenters. The second-order valence-electron chi connectivity index (χ2n) is 3.30. The van der Waals surface area contributed by atoms with E-state index in [-0.39, 0.29) is 0 Å². The Morgan fingerprint density at radius 2 is 2.20 bits per heavy atom. The quantitative estimate of drug-likeness (QED) is 0.748. The number of hydrogen-bond acceptors (Lipinski definition) is 3. The molecule has 1 aromatic rings. The molecule has 0 fully saturated rings. The first-order chi connectivity index (χ1) is 7.10. The van der Waals surface area contributed by atoms with Gasteiger partial charge in [-0.25, -0.2) is 4.98 Å². The van der Waals surface area contributed by atoms with E-state index < -0.39 is 0 Å². The van der Waals surface area contributed by atoms with Crippen molar-refractivity contribution in [3.8, 4) is 6.07 Å². The lowest BCUT2D eigenvalue weighted by Gasteiger charge is -2.00. The minimum Gasteiger partial charge on any atom is -0.246 e. The van der Waals surface area contributed by atoms with Crippen molar-refractivity contribution in [1.29, 1.82) is 5.26 Å². The summed E-state index contributed by atoms with van der Waals surface area (Å²) in [5, 5.41) is 10.5. The van der Waals surface area contributed by atoms with E-state index in [2.05, 4.69) is 11.1 Å². The highest BCUT2D eigenvalue weighted by atomic mass is 35.5. The van der Waals surface area contributed by atoms with Crippen molar-refractivity contribution in [2.75, 3.05) is 0 Å². The summed E-state index contributed by atoms with van der Waals surface area (Å²) >= 11 is 7.74. The number of hydrogen-bond donors (Lipinski definition) is 0. The highest BCUT2D eigenvalue weighted by Gasteiger charge is 2.12. The minimum absolute atomic E-state index is 0.572. The average molecular weight is 241 g/mol. The fourth-order valence-corrected chi connectivity index (χ4v) is 2.61. The molecular formula is C11H13ClN2S. The Hall–Kier alpha value is -0.850. The molecule has 0 aliphatic carbocycles. The number of nitrogens with zero attached hydrogens (tertiary/aromatic N) is 2. The first-order valence-corrected chi connectivity index (χ1v) is 6.02. The minimum atomic E-state index is 0.572. The molecule has 4 heteroatoms. The van der Waals surface area contributed by atoms with Crippen LogP contribution in [0.1, 0.15) is 35.3 Å². The van der Waals surface area contributed by atoms with Gasteiger partial charge in [0.25, 0.3) is 0 Å². The van der Waals surface area contributed by atoms with E-state index in [1.165, 1.54) is 11.3 Å². The van der Waals surface area contributed by atoms with Gasteiger partial charge in [0.2, 0.25) is 0 Å². The zero-order valence-electron chi connectivity index (χ0n) is 9.09. The normalized spacial score (nSPS) is 12.2. The number of aromatic nitrogens is 1. The van der Waals surface area contributed by atoms with Crippen molar-refractivity contribution in [3.63, 3.8) is 0 Å². The molecule has 0 bridgehead atoms. The monoisotopic (exact) mass is 240 g/mol. The summed E-state index contributed by atoms with van der Waals surface area (Å²) in [6.07, 6.45) is 1.65. The lowest BCUT2D eigenvalue weighted by molar-refractivity contribution is 0.933. The van der Waals surface area contributed by atoms with Gasteiger partial charge in [0, 0.05) is 5.57 Å². The molecule has 80 valence electrons. The molecule has 0 aliphatic rings. The Morgan fingerprint density at radius 3 is 2.60 bits per heavy atom. The van der Waals surface area contributed by atoms with Crippen molar-refractivity contribution in [2.45, 2.75) is 33.6 Å². The second kappa shape index (κ2) is 5.29. The zero-order chi connectivity index (χ0) is 11.4. The maximum absolute atomic E-state index is 8.98. The van der Waals surface area contributed by atoms with Crippen LogP contribution >= 0.6 is 22.9 Å². The molecule has 1 aromatic heterocycles. The standard InChI is InChI=1S/C11H13ClN2S/c1-4-5-9(6-13)10(12)11-7(2)14-8(3)15-11/h4-5H2,1-3H3. The van der Waals surface area contributed by atoms with E-state index in [9.17, 15) is 0 Å². The topological polar surface area (TPSA) is 36.7 Å². The number of nitriles is 1. The lowest BCUT2D eigenvalue weighted by Crippen LogP contribution is -1.85. The molecule has 1 rings (SSSR count). The Kier molecular flexibility index (Phi) is 4.31. The average Bonchev–Trinajstić information content (AvgIpc) is 2.53. The third kappa shape index (κ3) is 2.80. The van der Waals surface area contributed by atoms with E-state index >= 15 is 0 Å². The third-order valence-corrected chi connectivity index (χ3v) is 3.62. The predicted octanol–water partition coefficient (Wildman–Crippen LogP) is 4.03. The van der Waals surface area contributed by atoms with Crippen molar-refractivity contribution < 1.29 is 0 Å². The fraction of sp³-hybridized carbons (Fsp3) is 0.455. The largest absolute Gasteiger partial charge is 0.246 e. The van der Waals surface area contributed by atoms with Crippen LogP contribution in [-0.2, 0) is 0 Å². The number of rotatable bonds is 3. The Balaban J connectivity index is 3.17. The summed E-state index contributed by atoms with van der Waals surface area (Å²) in [5.74, 6) is 0. The first kappa shape index (κ1) is 12.2. The van der Waals surface area contributed by atoms with Gasteiger partial charge in [0.1, 0.15) is 0 Å². The van der Waals surface area contributed by atoms with Gasteiger partial charge in [-0.3, -0.25) is 0 Å². The van der Waals surface area contributed by atoms with Crippen LogP contribution in [0, 0.1) is 25.2 Å². The number of thiazole rings is 1. The van der Waals surface area contributed by atoms with Crippen molar-refractivity contribution in [3.05, 3.63) is 21.2 Å². The molecule has 0 amide bonds. The first-order valence-electron chi connectivity index (χ1n) is 4.83. The van der Waals surface area contributed by atoms with Crippen molar-refractivity contribution in [1.82, 2.24) is 4.98 Å². The smallest absolute Gasteiger partial charge is 0.0963 e. The molecule has 0 radical (unpaired) electrons. The summed E-state index contributed by atoms with van der Waals surface area (Å²) in [7, 11) is 0. The van der Waals surface area contributed by atoms with Gasteiger partial charge < -0.3 is 0 Å². The van der Waals surface area contributed by atoms with E-state index in [4.69, 9.17) is 16.9 Å². The third-order valence-electron chi connectivity index (χ3n) is 2.00. The van der Waals surface area contributed by atoms with Crippen LogP contribution in [0.5, 0.6) is 0 Å². The van der Waals surface area contributed by atoms with Crippen LogP contribution in [0.25, 0.3) is 5.03 Å². The summed E-state index contributed by atoms with van der Waals surface area (Å²) in [6, 6.07) is 2.16. The molecule has 0 aromatic carbocycles. The van der Waals surface area contributed by atoms with Crippen molar-refractivity contribution in [2.24, 2.45) is 0 Å². The van der Waals surface area contributed by atoms with Gasteiger partial charge in [-0.2, -0.15) is 5.26 Å². The van der Waals surface area contributed by atoms with E-state index in [0.717, 1.165) is 28.4 Å². The Morgan fingerprint density at radius 1 is 1.53 bits per heavy atom. The molecule has 2 nitrogen and oxygen atoms in total. The van der Waals surface area contributed by atoms with Gasteiger partial charge in [0.15, 0.2) is 0 Å². The van der Waals surface area contributed by atoms with Crippen LogP contribution in [0.15, 0.2) is 5.57 Å². The highest BCUT2D eigenvalue weighted by molar-refractivity contribution is 7.13. The maximum Gasteiger partial charge on any atom is 0.0963 e. The van der Waals surface area contributed by atoms with Gasteiger partial charge in [-0.1, -0.05) is 24.9 Å². The Labute approximate surface area is 99.2 Å². The summed E-state index contributed by atoms with van der Waals surface area (Å²) in [6.45, 7) is 5.89. The number of halogens is 1. The van der Waals surface area contributed by atoms with Gasteiger partial charge in [-0.15, -0.1) is 11.3 Å². The Bertz CT molecular complexity index is 426. The maximum atomic E-state index is 8.98. The highest BCUT2D eigenvalue weighted by Crippen LogP contribution is 2.32. The van der Waals surface area contributed by atoms with Crippen LogP contribution in [0.2, 0.25) is 0 Å². The van der Waals surface area contributed by atoms with Gasteiger partial charge >= 0.3 is 0 Å². The van der Waals surface area contributed by atoms with Crippen LogP contribution in [0.3, 0.4) is 0 Å². The fourth-order valence-electron chi connectivity index (χ4n) is 1.34. The SMILES string of the molecule is CCCC(C#N)=C(Cl)c1sc(C)nc1C. The van der Waals surface area contributed by atoms with Crippen LogP contribution in [-0.4, -0.2) is 4.98 Å². The lowest BCUT2D eigenvalue weighted by atomic mass is 10.1. The molecule has 0 saturated heterocycles. The van der Waals surface area contributed by atoms with Gasteiger partial charge in [-0.05, 0) is 20.3 Å². The molecular weight excluding hydrogens is 228 g/mol. The molecule has 0 aliphatic heterocycles. The van der Waals surface area contributed by atoms with Crippen LogP contribution < -0.4 is 0 Å². The van der Waals surface area contributed by atoms with E-state index in [0.29, 0.717) is 10.6 Å². The summed E-state index contributed by atoms with van der Waals surface area (Å²) < 4.78 is 0. The van der Waals surface area contributed by atoms with E-state index in [1.54, 1.807) is 0 Å². The predicted molar refractivity (Wildman–Crippen MR) is 64.9 cm³/mol. The number of aryl methyl sites for hydroxylation is 2. The summed E-state index contributed by atoms with van der Waals surface area (Å²) in [4.78, 5) is 5.23. The molecule has 0 spiro atoms. The van der Waals surface area contributed by atoms with Gasteiger partial charge in [0.05, 0.1) is 26.7 Å². The molecule has 0 saturated carbocycles. The molecule has 15 heavy (non-hydrogen) atoms. The van der Waals surface area contributed by atoms with Crippen molar-refractivity contribution >= 4 is 28.0 Å². The second-order valence-corrected chi connectivity index (χ2v) is 4.88. The summed E-state index contributed by atoms with van der Waals surface area (Å²) in [5.41, 5.74) is 1.57. The molecule has 0 N–H and O–H groups in total. The zero-order valence-corrected chi connectivity index (χ0v) is 10.7. The molecule has 0 unspecified atom stereocenters. The number of allylic oxidation sites excluding steroid dienone is 1.